The average Bonchev–Trinajstić information content (AvgIpc) is 3.25. The molecule has 0 aliphatic heterocycles. The van der Waals surface area contributed by atoms with Crippen LogP contribution in [0.5, 0.6) is 0 Å². The molecule has 2 unspecified atom stereocenters. The molecule has 0 spiro atoms. The van der Waals surface area contributed by atoms with Gasteiger partial charge in [-0.3, -0.25) is 9.36 Å². The van der Waals surface area contributed by atoms with Gasteiger partial charge in [0.25, 0.3) is 7.82 Å². The Kier molecular flexibility index (Phi) is 46.3. The number of hydrogen-bond donors (Lipinski definition) is 0. The fraction of sp³-hybridized carbons (Fsp3) is 0.800. The van der Waals surface area contributed by atoms with Crippen LogP contribution in [-0.2, 0) is 27.9 Å². The molecule has 64 heavy (non-hydrogen) atoms. The van der Waals surface area contributed by atoms with Crippen molar-refractivity contribution in [1.29, 1.82) is 0 Å². The number of phosphoric ester groups is 1. The highest BCUT2D eigenvalue weighted by atomic mass is 31.2. The zero-order chi connectivity index (χ0) is 46.9. The third-order valence-corrected chi connectivity index (χ3v) is 12.3. The number of likely N-dealkylation sites (N-methyl/N-ethyl adjacent to an activating group) is 1. The molecule has 0 N–H and O–H groups in total. The van der Waals surface area contributed by atoms with Gasteiger partial charge in [0.15, 0.2) is 0 Å². The molecule has 0 aromatic heterocycles. The molecule has 0 rings (SSSR count). The second kappa shape index (κ2) is 47.7. The van der Waals surface area contributed by atoms with Crippen LogP contribution in [-0.4, -0.2) is 70.7 Å². The lowest BCUT2D eigenvalue weighted by Gasteiger charge is -2.28. The van der Waals surface area contributed by atoms with Crippen molar-refractivity contribution in [1.82, 2.24) is 0 Å². The first-order chi connectivity index (χ1) is 31.1. The number of carbonyl (C=O) groups excluding carboxylic acids is 1. The maximum Gasteiger partial charge on any atom is 0.306 e. The van der Waals surface area contributed by atoms with Crippen LogP contribution in [0, 0.1) is 0 Å². The molecule has 0 aromatic rings. The van der Waals surface area contributed by atoms with Gasteiger partial charge in [-0.25, -0.2) is 0 Å². The summed E-state index contributed by atoms with van der Waals surface area (Å²) in [6.07, 6.45) is 61.3. The van der Waals surface area contributed by atoms with Crippen molar-refractivity contribution in [3.05, 3.63) is 60.8 Å². The van der Waals surface area contributed by atoms with Gasteiger partial charge in [-0.15, -0.1) is 0 Å². The van der Waals surface area contributed by atoms with Crippen molar-refractivity contribution in [3.8, 4) is 0 Å². The summed E-state index contributed by atoms with van der Waals surface area (Å²) in [6, 6.07) is 0. The van der Waals surface area contributed by atoms with Gasteiger partial charge in [-0.05, 0) is 51.4 Å². The Balaban J connectivity index is 4.12. The fourth-order valence-corrected chi connectivity index (χ4v) is 8.02. The van der Waals surface area contributed by atoms with Crippen LogP contribution in [0.25, 0.3) is 0 Å². The van der Waals surface area contributed by atoms with E-state index in [0.717, 1.165) is 51.4 Å². The second-order valence-corrected chi connectivity index (χ2v) is 20.3. The molecule has 2 atom stereocenters. The van der Waals surface area contributed by atoms with Gasteiger partial charge in [0.1, 0.15) is 19.3 Å². The minimum Gasteiger partial charge on any atom is -0.756 e. The first kappa shape index (κ1) is 62.2. The third-order valence-electron chi connectivity index (χ3n) is 11.3. The fourth-order valence-electron chi connectivity index (χ4n) is 7.29. The van der Waals surface area contributed by atoms with Gasteiger partial charge in [0, 0.05) is 13.0 Å². The van der Waals surface area contributed by atoms with Crippen molar-refractivity contribution in [2.75, 3.05) is 54.1 Å². The van der Waals surface area contributed by atoms with Crippen LogP contribution in [0.2, 0.25) is 0 Å². The minimum atomic E-state index is -4.55. The molecule has 9 heteroatoms. The van der Waals surface area contributed by atoms with E-state index in [-0.39, 0.29) is 32.2 Å². The number of rotatable bonds is 49. The maximum atomic E-state index is 12.7. The standard InChI is InChI=1S/C55H102NO7P/c1-6-8-10-12-14-16-18-20-22-24-25-26-27-28-29-30-31-33-35-37-39-41-43-45-47-50-60-52-54(53-62-64(58,59)61-51-49-56(3,4)5)63-55(57)48-46-44-42-40-38-36-34-32-23-21-19-17-15-13-11-9-7-2/h9,11,15,17,21,23,34,36,40,42,54H,6-8,10,12-14,16,18-20,22,24-33,35,37-39,41,43-53H2,1-5H3/b11-9-,17-15-,23-21-,36-34-,42-40-. The van der Waals surface area contributed by atoms with Crippen LogP contribution >= 0.6 is 7.82 Å². The Hall–Kier alpha value is -1.80. The molecule has 0 aliphatic rings. The van der Waals surface area contributed by atoms with Crippen LogP contribution in [0.15, 0.2) is 60.8 Å². The monoisotopic (exact) mass is 920 g/mol. The zero-order valence-electron chi connectivity index (χ0n) is 42.5. The Morgan fingerprint density at radius 3 is 1.30 bits per heavy atom. The van der Waals surface area contributed by atoms with Crippen LogP contribution in [0.1, 0.15) is 226 Å². The molecule has 0 saturated carbocycles. The largest absolute Gasteiger partial charge is 0.756 e. The number of esters is 1. The van der Waals surface area contributed by atoms with Crippen LogP contribution in [0.4, 0.5) is 0 Å². The van der Waals surface area contributed by atoms with E-state index in [1.807, 2.05) is 21.1 Å². The lowest BCUT2D eigenvalue weighted by Crippen LogP contribution is -2.37. The molecular formula is C55H102NO7P. The van der Waals surface area contributed by atoms with Crippen molar-refractivity contribution in [2.45, 2.75) is 232 Å². The summed E-state index contributed by atoms with van der Waals surface area (Å²) < 4.78 is 34.7. The molecule has 0 heterocycles. The normalized spacial score (nSPS) is 14.0. The molecule has 0 aromatic carbocycles. The van der Waals surface area contributed by atoms with Gasteiger partial charge in [0.05, 0.1) is 34.4 Å². The number of carbonyl (C=O) groups is 1. The Morgan fingerprint density at radius 1 is 0.500 bits per heavy atom. The SMILES string of the molecule is CC/C=C\C/C=C\C/C=C\C/C=C\C/C=C\CCCC(=O)OC(COCCCCCCCCCCCCCCCCCCCCCCCCCCC)COP(=O)([O-])OCC[N+](C)(C)C. The van der Waals surface area contributed by atoms with Gasteiger partial charge in [-0.1, -0.05) is 229 Å². The summed E-state index contributed by atoms with van der Waals surface area (Å²) in [5.41, 5.74) is 0. The molecule has 0 saturated heterocycles. The van der Waals surface area contributed by atoms with E-state index in [9.17, 15) is 14.3 Å². The lowest BCUT2D eigenvalue weighted by atomic mass is 10.0. The number of ether oxygens (including phenoxy) is 2. The molecule has 0 radical (unpaired) electrons. The highest BCUT2D eigenvalue weighted by Crippen LogP contribution is 2.38. The number of unbranched alkanes of at least 4 members (excludes halogenated alkanes) is 25. The predicted octanol–water partition coefficient (Wildman–Crippen LogP) is 15.8. The zero-order valence-corrected chi connectivity index (χ0v) is 43.4. The van der Waals surface area contributed by atoms with Crippen LogP contribution < -0.4 is 4.89 Å². The Labute approximate surface area is 396 Å². The Bertz CT molecular complexity index is 1210. The Morgan fingerprint density at radius 2 is 0.891 bits per heavy atom. The third kappa shape index (κ3) is 51.2. The summed E-state index contributed by atoms with van der Waals surface area (Å²) in [7, 11) is 1.32. The van der Waals surface area contributed by atoms with Crippen molar-refractivity contribution in [2.24, 2.45) is 0 Å². The van der Waals surface area contributed by atoms with E-state index in [1.54, 1.807) is 0 Å². The molecule has 0 bridgehead atoms. The van der Waals surface area contributed by atoms with Crippen molar-refractivity contribution < 1.29 is 37.3 Å². The summed E-state index contributed by atoms with van der Waals surface area (Å²) in [5, 5.41) is 0. The summed E-state index contributed by atoms with van der Waals surface area (Å²) in [4.78, 5) is 25.1. The van der Waals surface area contributed by atoms with E-state index < -0.39 is 13.9 Å². The van der Waals surface area contributed by atoms with Gasteiger partial charge in [-0.2, -0.15) is 0 Å². The first-order valence-corrected chi connectivity index (χ1v) is 28.0. The smallest absolute Gasteiger partial charge is 0.306 e. The highest BCUT2D eigenvalue weighted by molar-refractivity contribution is 7.45. The molecule has 0 amide bonds. The molecule has 0 fully saturated rings. The van der Waals surface area contributed by atoms with Crippen molar-refractivity contribution >= 4 is 13.8 Å². The molecule has 8 nitrogen and oxygen atoms in total. The summed E-state index contributed by atoms with van der Waals surface area (Å²) in [5.74, 6) is -0.388. The molecular weight excluding hydrogens is 818 g/mol. The summed E-state index contributed by atoms with van der Waals surface area (Å²) in [6.45, 7) is 5.25. The predicted molar refractivity (Wildman–Crippen MR) is 273 cm³/mol. The quantitative estimate of drug-likeness (QED) is 0.0197. The van der Waals surface area contributed by atoms with Crippen molar-refractivity contribution in [3.63, 3.8) is 0 Å². The van der Waals surface area contributed by atoms with E-state index in [2.05, 4.69) is 74.6 Å². The number of hydrogen-bond acceptors (Lipinski definition) is 7. The number of quaternary nitrogens is 1. The van der Waals surface area contributed by atoms with Gasteiger partial charge in [0.2, 0.25) is 0 Å². The van der Waals surface area contributed by atoms with E-state index in [0.29, 0.717) is 24.1 Å². The number of allylic oxidation sites excluding steroid dienone is 10. The lowest BCUT2D eigenvalue weighted by molar-refractivity contribution is -0.870. The minimum absolute atomic E-state index is 0.0145. The van der Waals surface area contributed by atoms with Gasteiger partial charge >= 0.3 is 5.97 Å². The first-order valence-electron chi connectivity index (χ1n) is 26.5. The number of phosphoric acid groups is 1. The summed E-state index contributed by atoms with van der Waals surface area (Å²) >= 11 is 0. The second-order valence-electron chi connectivity index (χ2n) is 18.9. The number of nitrogens with zero attached hydrogens (tertiary/aromatic N) is 1. The van der Waals surface area contributed by atoms with Crippen LogP contribution in [0.3, 0.4) is 0 Å². The average molecular weight is 920 g/mol. The molecule has 374 valence electrons. The topological polar surface area (TPSA) is 94.1 Å². The van der Waals surface area contributed by atoms with E-state index in [4.69, 9.17) is 18.5 Å². The van der Waals surface area contributed by atoms with Gasteiger partial charge < -0.3 is 27.9 Å². The maximum absolute atomic E-state index is 12.7. The highest BCUT2D eigenvalue weighted by Gasteiger charge is 2.20. The van der Waals surface area contributed by atoms with E-state index in [1.165, 1.54) is 148 Å². The molecule has 0 aliphatic carbocycles. The van der Waals surface area contributed by atoms with E-state index >= 15 is 0 Å².